The van der Waals surface area contributed by atoms with Crippen molar-refractivity contribution in [2.45, 2.75) is 19.4 Å². The Morgan fingerprint density at radius 1 is 1.44 bits per heavy atom. The predicted octanol–water partition coefficient (Wildman–Crippen LogP) is 2.04. The Morgan fingerprint density at radius 2 is 2.22 bits per heavy atom. The van der Waals surface area contributed by atoms with E-state index in [1.165, 1.54) is 18.2 Å². The quantitative estimate of drug-likeness (QED) is 0.698. The normalized spacial score (nSPS) is 10.6. The second-order valence-electron chi connectivity index (χ2n) is 3.99. The van der Waals surface area contributed by atoms with Crippen LogP contribution in [0.15, 0.2) is 18.2 Å². The van der Waals surface area contributed by atoms with Gasteiger partial charge in [0.25, 0.3) is 0 Å². The fourth-order valence-corrected chi connectivity index (χ4v) is 1.56. The first-order chi connectivity index (χ1) is 8.65. The molecule has 1 aromatic carbocycles. The summed E-state index contributed by atoms with van der Waals surface area (Å²) < 4.78 is 18.3. The molecule has 100 valence electrons. The summed E-state index contributed by atoms with van der Waals surface area (Å²) >= 11 is 0. The van der Waals surface area contributed by atoms with Crippen molar-refractivity contribution in [2.75, 3.05) is 20.3 Å². The number of carboxylic acids is 1. The van der Waals surface area contributed by atoms with Gasteiger partial charge in [-0.2, -0.15) is 0 Å². The van der Waals surface area contributed by atoms with Crippen LogP contribution >= 0.6 is 0 Å². The summed E-state index contributed by atoms with van der Waals surface area (Å²) in [5.41, 5.74) is 0.481. The van der Waals surface area contributed by atoms with Gasteiger partial charge >= 0.3 is 5.97 Å². The number of nitrogens with one attached hydrogen (secondary N) is 1. The maximum Gasteiger partial charge on any atom is 0.335 e. The minimum Gasteiger partial charge on any atom is -0.478 e. The second kappa shape index (κ2) is 7.79. The molecule has 0 atom stereocenters. The standard InChI is InChI=1S/C13H18FNO3/c1-18-7-3-2-6-15-9-11-8-10(13(16)17)4-5-12(11)14/h4-5,8,15H,2-3,6-7,9H2,1H3,(H,16,17). The highest BCUT2D eigenvalue weighted by Crippen LogP contribution is 2.10. The molecule has 0 aliphatic heterocycles. The number of benzene rings is 1. The Labute approximate surface area is 106 Å². The number of unbranched alkanes of at least 4 members (excludes halogenated alkanes) is 1. The molecule has 0 spiro atoms. The topological polar surface area (TPSA) is 58.6 Å². The minimum atomic E-state index is -1.05. The van der Waals surface area contributed by atoms with Gasteiger partial charge in [0.05, 0.1) is 5.56 Å². The van der Waals surface area contributed by atoms with E-state index in [4.69, 9.17) is 9.84 Å². The average molecular weight is 255 g/mol. The third kappa shape index (κ3) is 4.81. The molecule has 18 heavy (non-hydrogen) atoms. The number of rotatable bonds is 8. The molecule has 0 saturated carbocycles. The largest absolute Gasteiger partial charge is 0.478 e. The zero-order valence-corrected chi connectivity index (χ0v) is 10.4. The van der Waals surface area contributed by atoms with Gasteiger partial charge in [-0.1, -0.05) is 0 Å². The van der Waals surface area contributed by atoms with E-state index in [9.17, 15) is 9.18 Å². The number of ether oxygens (including phenoxy) is 1. The molecule has 0 aromatic heterocycles. The lowest BCUT2D eigenvalue weighted by atomic mass is 10.1. The fourth-order valence-electron chi connectivity index (χ4n) is 1.56. The second-order valence-corrected chi connectivity index (χ2v) is 3.99. The first kappa shape index (κ1) is 14.6. The van der Waals surface area contributed by atoms with Gasteiger partial charge in [-0.3, -0.25) is 0 Å². The van der Waals surface area contributed by atoms with Crippen LogP contribution in [0.1, 0.15) is 28.8 Å². The van der Waals surface area contributed by atoms with Crippen molar-refractivity contribution < 1.29 is 19.0 Å². The molecule has 0 radical (unpaired) electrons. The molecule has 0 aliphatic rings. The van der Waals surface area contributed by atoms with Crippen LogP contribution in [0.3, 0.4) is 0 Å². The molecule has 0 bridgehead atoms. The summed E-state index contributed by atoms with van der Waals surface area (Å²) in [6, 6.07) is 3.81. The molecule has 0 unspecified atom stereocenters. The molecule has 0 aliphatic carbocycles. The molecule has 1 rings (SSSR count). The van der Waals surface area contributed by atoms with Crippen LogP contribution < -0.4 is 5.32 Å². The monoisotopic (exact) mass is 255 g/mol. The summed E-state index contributed by atoms with van der Waals surface area (Å²) in [5.74, 6) is -1.43. The van der Waals surface area contributed by atoms with Gasteiger partial charge in [-0.15, -0.1) is 0 Å². The van der Waals surface area contributed by atoms with Crippen LogP contribution in [-0.2, 0) is 11.3 Å². The number of halogens is 1. The lowest BCUT2D eigenvalue weighted by molar-refractivity contribution is 0.0696. The molecule has 0 fully saturated rings. The Hall–Kier alpha value is -1.46. The van der Waals surface area contributed by atoms with E-state index in [0.717, 1.165) is 19.4 Å². The predicted molar refractivity (Wildman–Crippen MR) is 66.2 cm³/mol. The third-order valence-corrected chi connectivity index (χ3v) is 2.56. The van der Waals surface area contributed by atoms with Crippen molar-refractivity contribution in [1.29, 1.82) is 0 Å². The van der Waals surface area contributed by atoms with E-state index in [-0.39, 0.29) is 11.4 Å². The Kier molecular flexibility index (Phi) is 6.32. The summed E-state index contributed by atoms with van der Waals surface area (Å²) in [5, 5.41) is 11.9. The number of aromatic carboxylic acids is 1. The van der Waals surface area contributed by atoms with Crippen molar-refractivity contribution >= 4 is 5.97 Å². The highest BCUT2D eigenvalue weighted by Gasteiger charge is 2.07. The maximum atomic E-state index is 13.4. The van der Waals surface area contributed by atoms with Gasteiger partial charge in [0.1, 0.15) is 5.82 Å². The van der Waals surface area contributed by atoms with E-state index < -0.39 is 5.97 Å². The molecule has 0 saturated heterocycles. The third-order valence-electron chi connectivity index (χ3n) is 2.56. The van der Waals surface area contributed by atoms with Crippen molar-refractivity contribution in [3.05, 3.63) is 35.1 Å². The van der Waals surface area contributed by atoms with Crippen molar-refractivity contribution in [3.8, 4) is 0 Å². The lowest BCUT2D eigenvalue weighted by Crippen LogP contribution is -2.16. The first-order valence-corrected chi connectivity index (χ1v) is 5.86. The molecular weight excluding hydrogens is 237 g/mol. The lowest BCUT2D eigenvalue weighted by Gasteiger charge is -2.07. The van der Waals surface area contributed by atoms with Gasteiger partial charge in [0, 0.05) is 25.8 Å². The highest BCUT2D eigenvalue weighted by atomic mass is 19.1. The smallest absolute Gasteiger partial charge is 0.335 e. The summed E-state index contributed by atoms with van der Waals surface area (Å²) in [6.07, 6.45) is 1.88. The van der Waals surface area contributed by atoms with Crippen molar-refractivity contribution in [1.82, 2.24) is 5.32 Å². The molecule has 1 aromatic rings. The number of hydrogen-bond acceptors (Lipinski definition) is 3. The Balaban J connectivity index is 2.41. The summed E-state index contributed by atoms with van der Waals surface area (Å²) in [4.78, 5) is 10.8. The SMILES string of the molecule is COCCCCNCc1cc(C(=O)O)ccc1F. The van der Waals surface area contributed by atoms with E-state index >= 15 is 0 Å². The number of methoxy groups -OCH3 is 1. The van der Waals surface area contributed by atoms with Crippen molar-refractivity contribution in [2.24, 2.45) is 0 Å². The minimum absolute atomic E-state index is 0.104. The van der Waals surface area contributed by atoms with Crippen LogP contribution in [0.25, 0.3) is 0 Å². The van der Waals surface area contributed by atoms with Gasteiger partial charge in [-0.25, -0.2) is 9.18 Å². The van der Waals surface area contributed by atoms with Crippen LogP contribution in [0.4, 0.5) is 4.39 Å². The molecule has 0 heterocycles. The average Bonchev–Trinajstić information content (AvgIpc) is 2.35. The Bertz CT molecular complexity index is 396. The van der Waals surface area contributed by atoms with Gasteiger partial charge in [0.15, 0.2) is 0 Å². The molecular formula is C13H18FNO3. The van der Waals surface area contributed by atoms with Gasteiger partial charge in [0.2, 0.25) is 0 Å². The number of carbonyl (C=O) groups is 1. The molecule has 4 nitrogen and oxygen atoms in total. The van der Waals surface area contributed by atoms with Gasteiger partial charge < -0.3 is 15.2 Å². The van der Waals surface area contributed by atoms with E-state index in [1.807, 2.05) is 0 Å². The zero-order valence-electron chi connectivity index (χ0n) is 10.4. The number of hydrogen-bond donors (Lipinski definition) is 2. The molecule has 5 heteroatoms. The van der Waals surface area contributed by atoms with Crippen LogP contribution in [0.5, 0.6) is 0 Å². The molecule has 0 amide bonds. The van der Waals surface area contributed by atoms with Gasteiger partial charge in [-0.05, 0) is 37.6 Å². The van der Waals surface area contributed by atoms with Crippen LogP contribution in [-0.4, -0.2) is 31.3 Å². The van der Waals surface area contributed by atoms with E-state index in [1.54, 1.807) is 7.11 Å². The van der Waals surface area contributed by atoms with Crippen molar-refractivity contribution in [3.63, 3.8) is 0 Å². The first-order valence-electron chi connectivity index (χ1n) is 5.86. The van der Waals surface area contributed by atoms with E-state index in [2.05, 4.69) is 5.32 Å². The Morgan fingerprint density at radius 3 is 2.89 bits per heavy atom. The number of carboxylic acid groups (broad SMARTS) is 1. The van der Waals surface area contributed by atoms with Crippen LogP contribution in [0.2, 0.25) is 0 Å². The molecule has 2 N–H and O–H groups in total. The zero-order chi connectivity index (χ0) is 13.4. The fraction of sp³-hybridized carbons (Fsp3) is 0.462. The van der Waals surface area contributed by atoms with E-state index in [0.29, 0.717) is 18.7 Å². The highest BCUT2D eigenvalue weighted by molar-refractivity contribution is 5.87. The maximum absolute atomic E-state index is 13.4. The van der Waals surface area contributed by atoms with Crippen LogP contribution in [0, 0.1) is 5.82 Å². The summed E-state index contributed by atoms with van der Waals surface area (Å²) in [7, 11) is 1.65. The summed E-state index contributed by atoms with van der Waals surface area (Å²) in [6.45, 7) is 1.80.